The second-order valence-electron chi connectivity index (χ2n) is 9.18. The molecule has 5 heteroatoms. The summed E-state index contributed by atoms with van der Waals surface area (Å²) < 4.78 is 13.0. The van der Waals surface area contributed by atoms with E-state index >= 15 is 0 Å². The molecule has 0 amide bonds. The summed E-state index contributed by atoms with van der Waals surface area (Å²) >= 11 is 0. The maximum atomic E-state index is 11.5. The van der Waals surface area contributed by atoms with Crippen LogP contribution < -0.4 is 4.74 Å². The van der Waals surface area contributed by atoms with Crippen molar-refractivity contribution in [3.8, 4) is 17.0 Å². The van der Waals surface area contributed by atoms with Gasteiger partial charge in [-0.3, -0.25) is 9.48 Å². The fraction of sp³-hybridized carbons (Fsp3) is 0.310. The van der Waals surface area contributed by atoms with Crippen molar-refractivity contribution in [2.24, 2.45) is 5.92 Å². The first-order valence-electron chi connectivity index (χ1n) is 11.8. The number of hydrogen-bond donors (Lipinski definition) is 0. The smallest absolute Gasteiger partial charge is 0.306 e. The van der Waals surface area contributed by atoms with E-state index < -0.39 is 0 Å². The van der Waals surface area contributed by atoms with Crippen LogP contribution >= 0.6 is 0 Å². The summed E-state index contributed by atoms with van der Waals surface area (Å²) in [7, 11) is 1.42. The van der Waals surface area contributed by atoms with E-state index in [0.717, 1.165) is 45.6 Å². The van der Waals surface area contributed by atoms with E-state index in [-0.39, 0.29) is 11.9 Å². The highest BCUT2D eigenvalue weighted by Gasteiger charge is 2.14. The summed E-state index contributed by atoms with van der Waals surface area (Å²) in [4.78, 5) is 11.5. The minimum Gasteiger partial charge on any atom is -0.489 e. The molecular formula is C29H32N2O3. The third-order valence-corrected chi connectivity index (χ3v) is 5.96. The monoisotopic (exact) mass is 456 g/mol. The SMILES string of the molecule is COC(=O)CC(C)c1ccc(OCc2ccc3c(-c4ccccc4)nn(CC(C)C)c3c2)cc1. The Morgan fingerprint density at radius 2 is 1.71 bits per heavy atom. The van der Waals surface area contributed by atoms with Crippen molar-refractivity contribution in [1.29, 1.82) is 0 Å². The summed E-state index contributed by atoms with van der Waals surface area (Å²) in [5.74, 6) is 1.20. The molecule has 0 radical (unpaired) electrons. The molecule has 0 aliphatic carbocycles. The predicted octanol–water partition coefficient (Wildman–Crippen LogP) is 6.60. The van der Waals surface area contributed by atoms with Crippen LogP contribution in [-0.4, -0.2) is 22.9 Å². The molecule has 1 aromatic heterocycles. The van der Waals surface area contributed by atoms with Gasteiger partial charge in [0.15, 0.2) is 0 Å². The summed E-state index contributed by atoms with van der Waals surface area (Å²) in [6.45, 7) is 7.77. The molecule has 0 aliphatic heterocycles. The van der Waals surface area contributed by atoms with Crippen molar-refractivity contribution in [2.75, 3.05) is 7.11 Å². The number of benzene rings is 3. The van der Waals surface area contributed by atoms with Crippen molar-refractivity contribution in [3.05, 3.63) is 83.9 Å². The van der Waals surface area contributed by atoms with Crippen LogP contribution in [0.4, 0.5) is 0 Å². The van der Waals surface area contributed by atoms with E-state index in [4.69, 9.17) is 14.6 Å². The Kier molecular flexibility index (Phi) is 7.31. The fourth-order valence-electron chi connectivity index (χ4n) is 4.11. The Labute approximate surface area is 201 Å². The Balaban J connectivity index is 1.52. The molecule has 1 unspecified atom stereocenters. The van der Waals surface area contributed by atoms with Gasteiger partial charge < -0.3 is 9.47 Å². The van der Waals surface area contributed by atoms with Gasteiger partial charge in [0, 0.05) is 17.5 Å². The number of carbonyl (C=O) groups is 1. The molecule has 3 aromatic carbocycles. The fourth-order valence-corrected chi connectivity index (χ4v) is 4.11. The molecule has 0 bridgehead atoms. The van der Waals surface area contributed by atoms with E-state index in [1.54, 1.807) is 0 Å². The molecule has 4 aromatic rings. The summed E-state index contributed by atoms with van der Waals surface area (Å²) in [6, 6.07) is 24.7. The Morgan fingerprint density at radius 3 is 2.38 bits per heavy atom. The number of hydrogen-bond acceptors (Lipinski definition) is 4. The molecule has 0 aliphatic rings. The van der Waals surface area contributed by atoms with Gasteiger partial charge in [0.25, 0.3) is 0 Å². The maximum Gasteiger partial charge on any atom is 0.306 e. The van der Waals surface area contributed by atoms with Crippen molar-refractivity contribution in [3.63, 3.8) is 0 Å². The van der Waals surface area contributed by atoms with E-state index in [2.05, 4.69) is 48.9 Å². The number of fused-ring (bicyclic) bond motifs is 1. The van der Waals surface area contributed by atoms with E-state index in [1.807, 2.05) is 49.4 Å². The molecule has 0 saturated carbocycles. The van der Waals surface area contributed by atoms with Gasteiger partial charge >= 0.3 is 5.97 Å². The van der Waals surface area contributed by atoms with Crippen molar-refractivity contribution in [1.82, 2.24) is 9.78 Å². The Hall–Kier alpha value is -3.60. The minimum absolute atomic E-state index is 0.101. The molecule has 5 nitrogen and oxygen atoms in total. The quantitative estimate of drug-likeness (QED) is 0.266. The molecule has 34 heavy (non-hydrogen) atoms. The summed E-state index contributed by atoms with van der Waals surface area (Å²) in [5, 5.41) is 6.11. The second kappa shape index (κ2) is 10.6. The topological polar surface area (TPSA) is 53.4 Å². The molecule has 4 rings (SSSR count). The van der Waals surface area contributed by atoms with Gasteiger partial charge in [-0.2, -0.15) is 5.10 Å². The molecule has 176 valence electrons. The van der Waals surface area contributed by atoms with Crippen molar-refractivity contribution < 1.29 is 14.3 Å². The lowest BCUT2D eigenvalue weighted by atomic mass is 9.98. The van der Waals surface area contributed by atoms with Crippen molar-refractivity contribution >= 4 is 16.9 Å². The lowest BCUT2D eigenvalue weighted by Crippen LogP contribution is -2.06. The number of nitrogens with zero attached hydrogens (tertiary/aromatic N) is 2. The lowest BCUT2D eigenvalue weighted by Gasteiger charge is -2.12. The van der Waals surface area contributed by atoms with Crippen LogP contribution in [0.15, 0.2) is 72.8 Å². The largest absolute Gasteiger partial charge is 0.489 e. The normalized spacial score (nSPS) is 12.1. The van der Waals surface area contributed by atoms with Gasteiger partial charge in [-0.1, -0.05) is 75.4 Å². The summed E-state index contributed by atoms with van der Waals surface area (Å²) in [6.07, 6.45) is 0.367. The molecular weight excluding hydrogens is 424 g/mol. The second-order valence-corrected chi connectivity index (χ2v) is 9.18. The Bertz CT molecular complexity index is 1240. The third-order valence-electron chi connectivity index (χ3n) is 5.96. The Morgan fingerprint density at radius 1 is 0.971 bits per heavy atom. The van der Waals surface area contributed by atoms with Crippen LogP contribution in [0.1, 0.15) is 44.2 Å². The minimum atomic E-state index is -0.199. The molecule has 1 atom stereocenters. The average molecular weight is 457 g/mol. The van der Waals surface area contributed by atoms with Crippen LogP contribution in [0.3, 0.4) is 0 Å². The van der Waals surface area contributed by atoms with Gasteiger partial charge in [0.2, 0.25) is 0 Å². The first-order chi connectivity index (χ1) is 16.4. The van der Waals surface area contributed by atoms with Gasteiger partial charge in [0.05, 0.1) is 19.0 Å². The van der Waals surface area contributed by atoms with Gasteiger partial charge in [-0.25, -0.2) is 0 Å². The van der Waals surface area contributed by atoms with E-state index in [1.165, 1.54) is 7.11 Å². The highest BCUT2D eigenvalue weighted by Crippen LogP contribution is 2.30. The first kappa shape index (κ1) is 23.6. The zero-order valence-corrected chi connectivity index (χ0v) is 20.3. The van der Waals surface area contributed by atoms with Crippen LogP contribution in [0, 0.1) is 5.92 Å². The van der Waals surface area contributed by atoms with Gasteiger partial charge in [-0.15, -0.1) is 0 Å². The highest BCUT2D eigenvalue weighted by atomic mass is 16.5. The number of carbonyl (C=O) groups excluding carboxylic acids is 1. The van der Waals surface area contributed by atoms with E-state index in [9.17, 15) is 4.79 Å². The first-order valence-corrected chi connectivity index (χ1v) is 11.8. The lowest BCUT2D eigenvalue weighted by molar-refractivity contribution is -0.140. The van der Waals surface area contributed by atoms with Crippen LogP contribution in [-0.2, 0) is 22.7 Å². The third kappa shape index (κ3) is 5.48. The van der Waals surface area contributed by atoms with Crippen LogP contribution in [0.2, 0.25) is 0 Å². The number of methoxy groups -OCH3 is 1. The predicted molar refractivity (Wildman–Crippen MR) is 136 cm³/mol. The number of rotatable bonds is 9. The standard InChI is InChI=1S/C29H32N2O3/c1-20(2)18-31-27-17-22(10-15-26(27)29(30-31)24-8-6-5-7-9-24)19-34-25-13-11-23(12-14-25)21(3)16-28(32)33-4/h5-15,17,20-21H,16,18-19H2,1-4H3. The zero-order chi connectivity index (χ0) is 24.1. The maximum absolute atomic E-state index is 11.5. The van der Waals surface area contributed by atoms with Crippen molar-refractivity contribution in [2.45, 2.75) is 46.3 Å². The van der Waals surface area contributed by atoms with Crippen LogP contribution in [0.5, 0.6) is 5.75 Å². The van der Waals surface area contributed by atoms with E-state index in [0.29, 0.717) is 18.9 Å². The van der Waals surface area contributed by atoms with Crippen LogP contribution in [0.25, 0.3) is 22.2 Å². The molecule has 0 spiro atoms. The molecule has 0 N–H and O–H groups in total. The number of aromatic nitrogens is 2. The highest BCUT2D eigenvalue weighted by molar-refractivity contribution is 5.93. The number of esters is 1. The summed E-state index contributed by atoms with van der Waals surface area (Å²) in [5.41, 5.74) is 5.45. The van der Waals surface area contributed by atoms with Gasteiger partial charge in [-0.05, 0) is 41.2 Å². The zero-order valence-electron chi connectivity index (χ0n) is 20.3. The average Bonchev–Trinajstić information content (AvgIpc) is 3.20. The number of ether oxygens (including phenoxy) is 2. The molecule has 0 saturated heterocycles. The molecule has 1 heterocycles. The molecule has 0 fully saturated rings. The van der Waals surface area contributed by atoms with Gasteiger partial charge in [0.1, 0.15) is 18.1 Å².